The molecule has 1 heterocycles. The van der Waals surface area contributed by atoms with Crippen LogP contribution in [0.1, 0.15) is 13.8 Å². The quantitative estimate of drug-likeness (QED) is 0.853. The summed E-state index contributed by atoms with van der Waals surface area (Å²) in [7, 11) is 1.98. The summed E-state index contributed by atoms with van der Waals surface area (Å²) in [5, 5.41) is 4.20. The molecule has 0 bridgehead atoms. The molecule has 1 aliphatic rings. The average Bonchev–Trinajstić information content (AvgIpc) is 2.70. The summed E-state index contributed by atoms with van der Waals surface area (Å²) in [4.78, 5) is 31.4. The molecule has 27 heavy (non-hydrogen) atoms. The second-order valence-electron chi connectivity index (χ2n) is 6.29. The fraction of sp³-hybridized carbons (Fsp3) is 0.250. The van der Waals surface area contributed by atoms with E-state index < -0.39 is 11.9 Å². The number of aliphatic imine (C=N–C) groups is 1. The Balaban J connectivity index is 1.78. The highest BCUT2D eigenvalue weighted by atomic mass is 16.2. The number of hydrogen-bond donors (Lipinski definition) is 2. The first-order valence-electron chi connectivity index (χ1n) is 8.85. The number of hydrogen-bond acceptors (Lipinski definition) is 5. The topological polar surface area (TPSA) is 77.0 Å². The summed E-state index contributed by atoms with van der Waals surface area (Å²) < 4.78 is 0. The zero-order chi connectivity index (χ0) is 19.4. The number of amidine groups is 1. The lowest BCUT2D eigenvalue weighted by atomic mass is 10.2. The van der Waals surface area contributed by atoms with Crippen molar-refractivity contribution >= 4 is 34.7 Å². The number of amides is 2. The van der Waals surface area contributed by atoms with Gasteiger partial charge in [-0.15, -0.1) is 0 Å². The highest BCUT2D eigenvalue weighted by Crippen LogP contribution is 2.19. The van der Waals surface area contributed by atoms with Gasteiger partial charge in [0, 0.05) is 25.0 Å². The van der Waals surface area contributed by atoms with Crippen molar-refractivity contribution in [1.29, 1.82) is 0 Å². The van der Waals surface area contributed by atoms with Crippen LogP contribution in [-0.2, 0) is 9.59 Å². The van der Waals surface area contributed by atoms with Gasteiger partial charge in [0.1, 0.15) is 6.04 Å². The summed E-state index contributed by atoms with van der Waals surface area (Å²) in [5.41, 5.74) is 5.15. The van der Waals surface area contributed by atoms with E-state index in [1.807, 2.05) is 49.5 Å². The Labute approximate surface area is 158 Å². The van der Waals surface area contributed by atoms with Gasteiger partial charge >= 0.3 is 0 Å². The minimum Gasteiger partial charge on any atom is -0.375 e. The van der Waals surface area contributed by atoms with E-state index in [2.05, 4.69) is 27.6 Å². The van der Waals surface area contributed by atoms with Crippen LogP contribution in [0.3, 0.4) is 0 Å². The third kappa shape index (κ3) is 4.08. The van der Waals surface area contributed by atoms with Crippen molar-refractivity contribution in [1.82, 2.24) is 5.43 Å². The lowest BCUT2D eigenvalue weighted by molar-refractivity contribution is -0.120. The predicted octanol–water partition coefficient (Wildman–Crippen LogP) is 2.42. The number of nitrogens with one attached hydrogen (secondary N) is 2. The highest BCUT2D eigenvalue weighted by Gasteiger charge is 2.30. The molecule has 7 nitrogen and oxygen atoms in total. The maximum absolute atomic E-state index is 12.7. The first-order chi connectivity index (χ1) is 13.0. The number of nitrogens with zero attached hydrogens (tertiary/aromatic N) is 3. The van der Waals surface area contributed by atoms with E-state index in [9.17, 15) is 9.59 Å². The molecule has 2 aromatic carbocycles. The highest BCUT2D eigenvalue weighted by molar-refractivity contribution is 6.43. The number of hydrazine groups is 1. The molecule has 1 unspecified atom stereocenters. The Morgan fingerprint density at radius 2 is 1.96 bits per heavy atom. The van der Waals surface area contributed by atoms with Gasteiger partial charge in [0.15, 0.2) is 0 Å². The normalized spacial score (nSPS) is 16.4. The van der Waals surface area contributed by atoms with E-state index in [0.717, 1.165) is 12.2 Å². The third-order valence-electron chi connectivity index (χ3n) is 4.37. The van der Waals surface area contributed by atoms with Crippen LogP contribution in [0.4, 0.5) is 17.1 Å². The van der Waals surface area contributed by atoms with Crippen molar-refractivity contribution < 1.29 is 9.59 Å². The van der Waals surface area contributed by atoms with Gasteiger partial charge in [-0.25, -0.2) is 10.0 Å². The van der Waals surface area contributed by atoms with Gasteiger partial charge in [0.2, 0.25) is 5.84 Å². The van der Waals surface area contributed by atoms with E-state index in [1.165, 1.54) is 5.01 Å². The molecule has 3 rings (SSSR count). The van der Waals surface area contributed by atoms with Gasteiger partial charge in [-0.05, 0) is 44.2 Å². The molecule has 140 valence electrons. The number of para-hydroxylation sites is 1. The van der Waals surface area contributed by atoms with Crippen LogP contribution in [0.5, 0.6) is 0 Å². The first-order valence-corrected chi connectivity index (χ1v) is 8.85. The van der Waals surface area contributed by atoms with Crippen molar-refractivity contribution in [2.24, 2.45) is 4.99 Å². The maximum Gasteiger partial charge on any atom is 0.292 e. The molecule has 0 fully saturated rings. The third-order valence-corrected chi connectivity index (χ3v) is 4.37. The van der Waals surface area contributed by atoms with Crippen molar-refractivity contribution in [3.8, 4) is 0 Å². The molecule has 2 aromatic rings. The van der Waals surface area contributed by atoms with Crippen LogP contribution < -0.4 is 20.7 Å². The SMILES string of the molecule is CCN(C)c1cccc(NC(=O)C2=NC(C)C(=O)N(c3ccccc3)N2)c1. The van der Waals surface area contributed by atoms with Crippen molar-refractivity contribution in [3.05, 3.63) is 54.6 Å². The molecule has 0 radical (unpaired) electrons. The zero-order valence-electron chi connectivity index (χ0n) is 15.6. The minimum atomic E-state index is -0.648. The summed E-state index contributed by atoms with van der Waals surface area (Å²) in [6.07, 6.45) is 0. The van der Waals surface area contributed by atoms with Gasteiger partial charge in [0.05, 0.1) is 5.69 Å². The van der Waals surface area contributed by atoms with Crippen molar-refractivity contribution in [2.75, 3.05) is 28.8 Å². The van der Waals surface area contributed by atoms with Gasteiger partial charge in [-0.3, -0.25) is 15.0 Å². The van der Waals surface area contributed by atoms with Crippen molar-refractivity contribution in [2.45, 2.75) is 19.9 Å². The predicted molar refractivity (Wildman–Crippen MR) is 108 cm³/mol. The smallest absolute Gasteiger partial charge is 0.292 e. The van der Waals surface area contributed by atoms with Gasteiger partial charge < -0.3 is 10.2 Å². The fourth-order valence-electron chi connectivity index (χ4n) is 2.70. The Kier molecular flexibility index (Phi) is 5.40. The number of rotatable bonds is 5. The summed E-state index contributed by atoms with van der Waals surface area (Å²) >= 11 is 0. The van der Waals surface area contributed by atoms with Gasteiger partial charge in [0.25, 0.3) is 11.8 Å². The number of benzene rings is 2. The van der Waals surface area contributed by atoms with Crippen LogP contribution >= 0.6 is 0 Å². The van der Waals surface area contributed by atoms with E-state index in [-0.39, 0.29) is 11.7 Å². The molecule has 1 atom stereocenters. The Hall–Kier alpha value is -3.35. The largest absolute Gasteiger partial charge is 0.375 e. The molecule has 0 spiro atoms. The molecular weight excluding hydrogens is 342 g/mol. The van der Waals surface area contributed by atoms with E-state index in [4.69, 9.17) is 0 Å². The molecule has 0 saturated heterocycles. The Morgan fingerprint density at radius 1 is 1.22 bits per heavy atom. The van der Waals surface area contributed by atoms with Crippen LogP contribution in [0, 0.1) is 0 Å². The Bertz CT molecular complexity index is 866. The minimum absolute atomic E-state index is 0.0974. The second-order valence-corrected chi connectivity index (χ2v) is 6.29. The van der Waals surface area contributed by atoms with Crippen LogP contribution in [0.2, 0.25) is 0 Å². The lowest BCUT2D eigenvalue weighted by Crippen LogP contribution is -2.57. The van der Waals surface area contributed by atoms with E-state index in [0.29, 0.717) is 11.4 Å². The Morgan fingerprint density at radius 3 is 2.67 bits per heavy atom. The van der Waals surface area contributed by atoms with Gasteiger partial charge in [-0.1, -0.05) is 24.3 Å². The molecular formula is C20H23N5O2. The summed E-state index contributed by atoms with van der Waals surface area (Å²) in [5.74, 6) is -0.517. The zero-order valence-corrected chi connectivity index (χ0v) is 15.6. The van der Waals surface area contributed by atoms with Crippen molar-refractivity contribution in [3.63, 3.8) is 0 Å². The van der Waals surface area contributed by atoms with E-state index >= 15 is 0 Å². The number of carbonyl (C=O) groups excluding carboxylic acids is 2. The maximum atomic E-state index is 12.7. The molecule has 0 saturated carbocycles. The molecule has 7 heteroatoms. The first kappa shape index (κ1) is 18.4. The summed E-state index contributed by atoms with van der Waals surface area (Å²) in [6.45, 7) is 4.59. The fourth-order valence-corrected chi connectivity index (χ4v) is 2.70. The lowest BCUT2D eigenvalue weighted by Gasteiger charge is -2.30. The molecule has 0 aliphatic carbocycles. The monoisotopic (exact) mass is 365 g/mol. The van der Waals surface area contributed by atoms with E-state index in [1.54, 1.807) is 19.1 Å². The van der Waals surface area contributed by atoms with Gasteiger partial charge in [-0.2, -0.15) is 0 Å². The second kappa shape index (κ2) is 7.90. The van der Waals surface area contributed by atoms with Crippen LogP contribution in [0.15, 0.2) is 59.6 Å². The number of carbonyl (C=O) groups is 2. The molecule has 2 amide bonds. The average molecular weight is 365 g/mol. The number of anilines is 3. The van der Waals surface area contributed by atoms with Crippen LogP contribution in [0.25, 0.3) is 0 Å². The standard InChI is InChI=1S/C20H23N5O2/c1-4-24(3)17-12-8-9-15(13-17)22-19(26)18-21-14(2)20(27)25(23-18)16-10-6-5-7-11-16/h5-14H,4H2,1-3H3,(H,21,23)(H,22,26). The summed E-state index contributed by atoms with van der Waals surface area (Å²) in [6, 6.07) is 16.0. The molecule has 0 aromatic heterocycles. The molecule has 2 N–H and O–H groups in total. The molecule has 1 aliphatic heterocycles. The van der Waals surface area contributed by atoms with Crippen LogP contribution in [-0.4, -0.2) is 37.3 Å².